The van der Waals surface area contributed by atoms with Crippen LogP contribution in [0, 0.1) is 0 Å². The molecule has 1 unspecified atom stereocenters. The summed E-state index contributed by atoms with van der Waals surface area (Å²) in [5, 5.41) is 2.36. The second-order valence-electron chi connectivity index (χ2n) is 5.22. The first-order chi connectivity index (χ1) is 9.73. The van der Waals surface area contributed by atoms with Gasteiger partial charge in [-0.25, -0.2) is 9.59 Å². The van der Waals surface area contributed by atoms with Gasteiger partial charge in [-0.15, -0.1) is 0 Å². The van der Waals surface area contributed by atoms with E-state index >= 15 is 0 Å². The van der Waals surface area contributed by atoms with Gasteiger partial charge in [0.2, 0.25) is 0 Å². The molecule has 0 aromatic carbocycles. The number of hydrogen-bond donors (Lipinski definition) is 2. The smallest absolute Gasteiger partial charge is 0.408 e. The number of esters is 1. The SMILES string of the molecule is C=C/C=C(\C=C)COC(=O)NC(CN)C(=O)OC(C)(C)C. The molecule has 0 aliphatic rings. The molecule has 0 aliphatic carbocycles. The number of ether oxygens (including phenoxy) is 2. The Morgan fingerprint density at radius 3 is 2.38 bits per heavy atom. The Morgan fingerprint density at radius 2 is 1.95 bits per heavy atom. The molecule has 0 saturated carbocycles. The van der Waals surface area contributed by atoms with Crippen molar-refractivity contribution >= 4 is 12.1 Å². The van der Waals surface area contributed by atoms with Crippen molar-refractivity contribution in [2.75, 3.05) is 13.2 Å². The van der Waals surface area contributed by atoms with Crippen LogP contribution in [-0.2, 0) is 14.3 Å². The lowest BCUT2D eigenvalue weighted by atomic mass is 10.2. The fraction of sp³-hybridized carbons (Fsp3) is 0.467. The van der Waals surface area contributed by atoms with Gasteiger partial charge in [-0.3, -0.25) is 0 Å². The van der Waals surface area contributed by atoms with Crippen LogP contribution < -0.4 is 11.1 Å². The summed E-state index contributed by atoms with van der Waals surface area (Å²) in [6.07, 6.45) is 4.01. The number of amides is 1. The third-order valence-electron chi connectivity index (χ3n) is 2.18. The Morgan fingerprint density at radius 1 is 1.33 bits per heavy atom. The predicted octanol–water partition coefficient (Wildman–Crippen LogP) is 1.68. The number of alkyl carbamates (subject to hydrolysis) is 1. The Hall–Kier alpha value is -2.08. The maximum atomic E-state index is 11.8. The molecular formula is C15H24N2O4. The molecule has 0 aliphatic heterocycles. The molecule has 0 bridgehead atoms. The molecule has 0 saturated heterocycles. The van der Waals surface area contributed by atoms with Gasteiger partial charge in [0, 0.05) is 6.54 Å². The molecule has 6 nitrogen and oxygen atoms in total. The standard InChI is InChI=1S/C15H24N2O4/c1-6-8-11(7-2)10-20-14(19)17-12(9-16)13(18)21-15(3,4)5/h6-8,12H,1-2,9-10,16H2,3-5H3,(H,17,19)/b11-8+. The van der Waals surface area contributed by atoms with Crippen LogP contribution in [0.3, 0.4) is 0 Å². The first-order valence-corrected chi connectivity index (χ1v) is 6.53. The molecule has 1 atom stereocenters. The quantitative estimate of drug-likeness (QED) is 0.551. The molecule has 3 N–H and O–H groups in total. The monoisotopic (exact) mass is 296 g/mol. The summed E-state index contributed by atoms with van der Waals surface area (Å²) in [7, 11) is 0. The molecular weight excluding hydrogens is 272 g/mol. The average Bonchev–Trinajstić information content (AvgIpc) is 2.38. The summed E-state index contributed by atoms with van der Waals surface area (Å²) in [5.74, 6) is -0.604. The van der Waals surface area contributed by atoms with Gasteiger partial charge in [0.15, 0.2) is 0 Å². The molecule has 0 aromatic rings. The molecule has 0 fully saturated rings. The van der Waals surface area contributed by atoms with E-state index in [-0.39, 0.29) is 13.2 Å². The zero-order valence-electron chi connectivity index (χ0n) is 12.8. The minimum atomic E-state index is -0.952. The Balaban J connectivity index is 4.45. The van der Waals surface area contributed by atoms with Gasteiger partial charge in [-0.1, -0.05) is 31.4 Å². The summed E-state index contributed by atoms with van der Waals surface area (Å²) in [4.78, 5) is 23.4. The lowest BCUT2D eigenvalue weighted by Gasteiger charge is -2.23. The Kier molecular flexibility index (Phi) is 8.08. The van der Waals surface area contributed by atoms with Crippen LogP contribution in [0.5, 0.6) is 0 Å². The highest BCUT2D eigenvalue weighted by molar-refractivity contribution is 5.81. The zero-order valence-corrected chi connectivity index (χ0v) is 12.8. The van der Waals surface area contributed by atoms with Crippen molar-refractivity contribution < 1.29 is 19.1 Å². The second-order valence-corrected chi connectivity index (χ2v) is 5.22. The largest absolute Gasteiger partial charge is 0.458 e. The van der Waals surface area contributed by atoms with E-state index in [9.17, 15) is 9.59 Å². The van der Waals surface area contributed by atoms with E-state index in [0.29, 0.717) is 5.57 Å². The van der Waals surface area contributed by atoms with Crippen molar-refractivity contribution in [1.82, 2.24) is 5.32 Å². The van der Waals surface area contributed by atoms with Gasteiger partial charge in [0.05, 0.1) is 0 Å². The maximum Gasteiger partial charge on any atom is 0.408 e. The van der Waals surface area contributed by atoms with Gasteiger partial charge in [-0.05, 0) is 26.3 Å². The summed E-state index contributed by atoms with van der Waals surface area (Å²) in [5.41, 5.74) is 5.49. The van der Waals surface area contributed by atoms with E-state index in [1.165, 1.54) is 0 Å². The first kappa shape index (κ1) is 18.9. The van der Waals surface area contributed by atoms with Crippen LogP contribution in [0.4, 0.5) is 4.79 Å². The topological polar surface area (TPSA) is 90.6 Å². The Labute approximate surface area is 125 Å². The highest BCUT2D eigenvalue weighted by Crippen LogP contribution is 2.08. The fourth-order valence-corrected chi connectivity index (χ4v) is 1.25. The van der Waals surface area contributed by atoms with E-state index in [1.807, 2.05) is 0 Å². The minimum absolute atomic E-state index is 0.0208. The molecule has 0 rings (SSSR count). The zero-order chi connectivity index (χ0) is 16.5. The summed E-state index contributed by atoms with van der Waals surface area (Å²) in [6.45, 7) is 12.2. The predicted molar refractivity (Wildman–Crippen MR) is 81.6 cm³/mol. The van der Waals surface area contributed by atoms with Crippen molar-refractivity contribution in [3.63, 3.8) is 0 Å². The van der Waals surface area contributed by atoms with Gasteiger partial charge in [-0.2, -0.15) is 0 Å². The van der Waals surface area contributed by atoms with Crippen molar-refractivity contribution in [3.8, 4) is 0 Å². The van der Waals surface area contributed by atoms with Crippen LogP contribution >= 0.6 is 0 Å². The molecule has 0 radical (unpaired) electrons. The number of nitrogens with one attached hydrogen (secondary N) is 1. The third kappa shape index (κ3) is 8.65. The summed E-state index contributed by atoms with van der Waals surface area (Å²) < 4.78 is 10.1. The van der Waals surface area contributed by atoms with Crippen molar-refractivity contribution in [2.24, 2.45) is 5.73 Å². The molecule has 0 heterocycles. The Bertz CT molecular complexity index is 422. The maximum absolute atomic E-state index is 11.8. The number of rotatable bonds is 7. The van der Waals surface area contributed by atoms with Gasteiger partial charge in [0.1, 0.15) is 18.2 Å². The minimum Gasteiger partial charge on any atom is -0.458 e. The average molecular weight is 296 g/mol. The highest BCUT2D eigenvalue weighted by Gasteiger charge is 2.25. The normalized spacial score (nSPS) is 13.0. The number of allylic oxidation sites excluding steroid dienone is 2. The van der Waals surface area contributed by atoms with Crippen LogP contribution in [0.25, 0.3) is 0 Å². The molecule has 0 spiro atoms. The summed E-state index contributed by atoms with van der Waals surface area (Å²) in [6, 6.07) is -0.952. The van der Waals surface area contributed by atoms with E-state index in [2.05, 4.69) is 18.5 Å². The molecule has 118 valence electrons. The van der Waals surface area contributed by atoms with Gasteiger partial charge >= 0.3 is 12.1 Å². The number of carbonyl (C=O) groups is 2. The van der Waals surface area contributed by atoms with Crippen LogP contribution in [0.15, 0.2) is 37.0 Å². The number of hydrogen-bond acceptors (Lipinski definition) is 5. The van der Waals surface area contributed by atoms with Crippen molar-refractivity contribution in [1.29, 1.82) is 0 Å². The van der Waals surface area contributed by atoms with Crippen molar-refractivity contribution in [2.45, 2.75) is 32.4 Å². The van der Waals surface area contributed by atoms with Crippen LogP contribution in [-0.4, -0.2) is 36.9 Å². The van der Waals surface area contributed by atoms with Gasteiger partial charge < -0.3 is 20.5 Å². The first-order valence-electron chi connectivity index (χ1n) is 6.53. The highest BCUT2D eigenvalue weighted by atomic mass is 16.6. The molecule has 21 heavy (non-hydrogen) atoms. The number of nitrogens with two attached hydrogens (primary N) is 1. The van der Waals surface area contributed by atoms with Crippen LogP contribution in [0.2, 0.25) is 0 Å². The van der Waals surface area contributed by atoms with Gasteiger partial charge in [0.25, 0.3) is 0 Å². The fourth-order valence-electron chi connectivity index (χ4n) is 1.25. The summed E-state index contributed by atoms with van der Waals surface area (Å²) >= 11 is 0. The lowest BCUT2D eigenvalue weighted by Crippen LogP contribution is -2.48. The second kappa shape index (κ2) is 8.97. The van der Waals surface area contributed by atoms with E-state index < -0.39 is 23.7 Å². The van der Waals surface area contributed by atoms with E-state index in [1.54, 1.807) is 39.0 Å². The molecule has 0 aromatic heterocycles. The third-order valence-corrected chi connectivity index (χ3v) is 2.18. The van der Waals surface area contributed by atoms with E-state index in [0.717, 1.165) is 0 Å². The molecule has 1 amide bonds. The number of carbonyl (C=O) groups excluding carboxylic acids is 2. The van der Waals surface area contributed by atoms with Crippen molar-refractivity contribution in [3.05, 3.63) is 37.0 Å². The molecule has 6 heteroatoms. The van der Waals surface area contributed by atoms with Crippen LogP contribution in [0.1, 0.15) is 20.8 Å². The lowest BCUT2D eigenvalue weighted by molar-refractivity contribution is -0.157. The van der Waals surface area contributed by atoms with E-state index in [4.69, 9.17) is 15.2 Å².